The highest BCUT2D eigenvalue weighted by atomic mass is 16.5. The summed E-state index contributed by atoms with van der Waals surface area (Å²) in [5.74, 6) is 0.858. The molecule has 28 heavy (non-hydrogen) atoms. The largest absolute Gasteiger partial charge is 0.489 e. The molecule has 0 atom stereocenters. The van der Waals surface area contributed by atoms with E-state index in [1.54, 1.807) is 0 Å². The summed E-state index contributed by atoms with van der Waals surface area (Å²) < 4.78 is 6.00. The molecule has 0 aliphatic carbocycles. The quantitative estimate of drug-likeness (QED) is 0.357. The summed E-state index contributed by atoms with van der Waals surface area (Å²) in [5.41, 5.74) is 5.76. The molecular weight excluding hydrogens is 342 g/mol. The van der Waals surface area contributed by atoms with Crippen LogP contribution in [0.25, 0.3) is 10.8 Å². The van der Waals surface area contributed by atoms with Crippen LogP contribution >= 0.6 is 0 Å². The number of benzene rings is 4. The Morgan fingerprint density at radius 3 is 2.39 bits per heavy atom. The number of aryl methyl sites for hydroxylation is 2. The van der Waals surface area contributed by atoms with Crippen molar-refractivity contribution < 1.29 is 4.74 Å². The second-order valence-electron chi connectivity index (χ2n) is 7.02. The number of nitrogens with zero attached hydrogens (tertiary/aromatic N) is 1. The third kappa shape index (κ3) is 4.12. The first kappa shape index (κ1) is 18.0. The van der Waals surface area contributed by atoms with Crippen molar-refractivity contribution in [1.82, 2.24) is 0 Å². The maximum atomic E-state index is 6.00. The van der Waals surface area contributed by atoms with Crippen molar-refractivity contribution in [3.05, 3.63) is 107 Å². The van der Waals surface area contributed by atoms with E-state index in [1.807, 2.05) is 36.5 Å². The Labute approximate surface area is 166 Å². The van der Waals surface area contributed by atoms with E-state index in [0.717, 1.165) is 17.0 Å². The van der Waals surface area contributed by atoms with E-state index in [9.17, 15) is 0 Å². The van der Waals surface area contributed by atoms with Crippen molar-refractivity contribution in [3.63, 3.8) is 0 Å². The molecule has 0 saturated carbocycles. The Bertz CT molecular complexity index is 1120. The van der Waals surface area contributed by atoms with Gasteiger partial charge in [0.2, 0.25) is 0 Å². The van der Waals surface area contributed by atoms with E-state index in [1.165, 1.54) is 27.5 Å². The smallest absolute Gasteiger partial charge is 0.119 e. The van der Waals surface area contributed by atoms with E-state index < -0.39 is 0 Å². The number of rotatable bonds is 5. The minimum atomic E-state index is 0.553. The van der Waals surface area contributed by atoms with Gasteiger partial charge in [0.15, 0.2) is 0 Å². The highest BCUT2D eigenvalue weighted by Crippen LogP contribution is 2.21. The summed E-state index contributed by atoms with van der Waals surface area (Å²) >= 11 is 0. The van der Waals surface area contributed by atoms with Gasteiger partial charge in [-0.15, -0.1) is 0 Å². The van der Waals surface area contributed by atoms with Crippen LogP contribution in [0.3, 0.4) is 0 Å². The number of hydrogen-bond donors (Lipinski definition) is 0. The number of fused-ring (bicyclic) bond motifs is 1. The first-order chi connectivity index (χ1) is 13.7. The molecule has 2 nitrogen and oxygen atoms in total. The van der Waals surface area contributed by atoms with Gasteiger partial charge in [0.05, 0.1) is 5.69 Å². The minimum Gasteiger partial charge on any atom is -0.489 e. The molecule has 0 N–H and O–H groups in total. The molecule has 0 bridgehead atoms. The van der Waals surface area contributed by atoms with Crippen molar-refractivity contribution in [2.45, 2.75) is 20.5 Å². The normalized spacial score (nSPS) is 11.2. The number of ether oxygens (including phenoxy) is 1. The van der Waals surface area contributed by atoms with E-state index >= 15 is 0 Å². The summed E-state index contributed by atoms with van der Waals surface area (Å²) in [6, 6.07) is 29.0. The summed E-state index contributed by atoms with van der Waals surface area (Å²) in [6.45, 7) is 4.77. The zero-order chi connectivity index (χ0) is 19.3. The number of hydrogen-bond acceptors (Lipinski definition) is 2. The van der Waals surface area contributed by atoms with E-state index in [0.29, 0.717) is 6.61 Å². The molecule has 4 aromatic carbocycles. The van der Waals surface area contributed by atoms with Gasteiger partial charge in [-0.25, -0.2) is 0 Å². The fourth-order valence-corrected chi connectivity index (χ4v) is 3.18. The molecule has 0 aromatic heterocycles. The molecular formula is C26H23NO. The molecule has 0 fully saturated rings. The molecule has 0 unspecified atom stereocenters. The molecule has 0 radical (unpaired) electrons. The van der Waals surface area contributed by atoms with Gasteiger partial charge in [0, 0.05) is 6.21 Å². The summed E-state index contributed by atoms with van der Waals surface area (Å²) in [5, 5.41) is 2.48. The van der Waals surface area contributed by atoms with Crippen LogP contribution in [0.15, 0.2) is 89.9 Å². The molecule has 0 saturated heterocycles. The van der Waals surface area contributed by atoms with Crippen LogP contribution in [0.4, 0.5) is 5.69 Å². The van der Waals surface area contributed by atoms with Gasteiger partial charge in [-0.2, -0.15) is 0 Å². The summed E-state index contributed by atoms with van der Waals surface area (Å²) in [6.07, 6.45) is 1.89. The fraction of sp³-hybridized carbons (Fsp3) is 0.115. The maximum Gasteiger partial charge on any atom is 0.119 e. The van der Waals surface area contributed by atoms with Gasteiger partial charge in [-0.3, -0.25) is 4.99 Å². The molecule has 4 rings (SSSR count). The predicted octanol–water partition coefficient (Wildman–Crippen LogP) is 6.79. The zero-order valence-corrected chi connectivity index (χ0v) is 16.2. The van der Waals surface area contributed by atoms with Crippen molar-refractivity contribution in [2.75, 3.05) is 0 Å². The van der Waals surface area contributed by atoms with Crippen LogP contribution < -0.4 is 4.74 Å². The van der Waals surface area contributed by atoms with Crippen LogP contribution in [-0.2, 0) is 6.61 Å². The Balaban J connectivity index is 1.43. The summed E-state index contributed by atoms with van der Waals surface area (Å²) in [7, 11) is 0. The molecule has 0 heterocycles. The SMILES string of the molecule is Cc1ccc(N=Cc2ccc(OCc3cccc4ccccc34)cc2)cc1C. The molecule has 0 aliphatic heterocycles. The third-order valence-electron chi connectivity index (χ3n) is 5.01. The highest BCUT2D eigenvalue weighted by molar-refractivity contribution is 5.85. The van der Waals surface area contributed by atoms with Crippen LogP contribution in [-0.4, -0.2) is 6.21 Å². The van der Waals surface area contributed by atoms with Crippen molar-refractivity contribution >= 4 is 22.7 Å². The van der Waals surface area contributed by atoms with Gasteiger partial charge >= 0.3 is 0 Å². The third-order valence-corrected chi connectivity index (χ3v) is 5.01. The topological polar surface area (TPSA) is 21.6 Å². The Hall–Kier alpha value is -3.39. The van der Waals surface area contributed by atoms with Gasteiger partial charge in [0.25, 0.3) is 0 Å². The zero-order valence-electron chi connectivity index (χ0n) is 16.2. The number of aliphatic imine (C=N–C) groups is 1. The molecule has 2 heteroatoms. The van der Waals surface area contributed by atoms with Crippen LogP contribution in [0, 0.1) is 13.8 Å². The van der Waals surface area contributed by atoms with Crippen LogP contribution in [0.5, 0.6) is 5.75 Å². The molecule has 138 valence electrons. The summed E-state index contributed by atoms with van der Waals surface area (Å²) in [4.78, 5) is 4.57. The van der Waals surface area contributed by atoms with Gasteiger partial charge in [-0.1, -0.05) is 48.5 Å². The lowest BCUT2D eigenvalue weighted by Gasteiger charge is -2.09. The van der Waals surface area contributed by atoms with Gasteiger partial charge in [-0.05, 0) is 83.3 Å². The molecule has 0 spiro atoms. The first-order valence-electron chi connectivity index (χ1n) is 9.50. The van der Waals surface area contributed by atoms with Crippen molar-refractivity contribution in [3.8, 4) is 5.75 Å². The van der Waals surface area contributed by atoms with Crippen LogP contribution in [0.1, 0.15) is 22.3 Å². The average Bonchev–Trinajstić information content (AvgIpc) is 2.74. The molecule has 4 aromatic rings. The monoisotopic (exact) mass is 365 g/mol. The molecule has 0 amide bonds. The second-order valence-corrected chi connectivity index (χ2v) is 7.02. The van der Waals surface area contributed by atoms with Gasteiger partial charge in [0.1, 0.15) is 12.4 Å². The standard InChI is InChI=1S/C26H23NO/c1-19-10-13-24(16-20(19)2)27-17-21-11-14-25(15-12-21)28-18-23-8-5-7-22-6-3-4-9-26(22)23/h3-17H,18H2,1-2H3. The van der Waals surface area contributed by atoms with E-state index in [-0.39, 0.29) is 0 Å². The van der Waals surface area contributed by atoms with Crippen molar-refractivity contribution in [2.24, 2.45) is 4.99 Å². The first-order valence-corrected chi connectivity index (χ1v) is 9.50. The van der Waals surface area contributed by atoms with Crippen LogP contribution in [0.2, 0.25) is 0 Å². The van der Waals surface area contributed by atoms with E-state index in [2.05, 4.69) is 73.4 Å². The fourth-order valence-electron chi connectivity index (χ4n) is 3.18. The predicted molar refractivity (Wildman–Crippen MR) is 118 cm³/mol. The lowest BCUT2D eigenvalue weighted by Crippen LogP contribution is -1.96. The van der Waals surface area contributed by atoms with E-state index in [4.69, 9.17) is 4.74 Å². The van der Waals surface area contributed by atoms with Gasteiger partial charge < -0.3 is 4.74 Å². The second kappa shape index (κ2) is 8.10. The lowest BCUT2D eigenvalue weighted by atomic mass is 10.1. The maximum absolute atomic E-state index is 6.00. The lowest BCUT2D eigenvalue weighted by molar-refractivity contribution is 0.307. The Morgan fingerprint density at radius 2 is 1.57 bits per heavy atom. The Kier molecular flexibility index (Phi) is 5.20. The minimum absolute atomic E-state index is 0.553. The molecule has 0 aliphatic rings. The average molecular weight is 365 g/mol. The van der Waals surface area contributed by atoms with Crippen molar-refractivity contribution in [1.29, 1.82) is 0 Å². The highest BCUT2D eigenvalue weighted by Gasteiger charge is 2.02. The Morgan fingerprint density at radius 1 is 0.786 bits per heavy atom.